The first kappa shape index (κ1) is 13.7. The molecule has 5 nitrogen and oxygen atoms in total. The molecule has 0 saturated heterocycles. The Morgan fingerprint density at radius 2 is 1.78 bits per heavy atom. The van der Waals surface area contributed by atoms with Crippen LogP contribution < -0.4 is 0 Å². The summed E-state index contributed by atoms with van der Waals surface area (Å²) in [5.41, 5.74) is -0.456. The van der Waals surface area contributed by atoms with Crippen LogP contribution in [0, 0.1) is 0 Å². The average molecular weight is 306 g/mol. The molecule has 4 rings (SSSR count). The zero-order valence-electron chi connectivity index (χ0n) is 12.4. The maximum Gasteiger partial charge on any atom is 0.249 e. The molecule has 0 unspecified atom stereocenters. The minimum atomic E-state index is -1.98. The van der Waals surface area contributed by atoms with Crippen molar-refractivity contribution < 1.29 is 15.0 Å². The largest absolute Gasteiger partial charge is 0.507 e. The Hall–Kier alpha value is -2.92. The van der Waals surface area contributed by atoms with Gasteiger partial charge in [-0.2, -0.15) is 5.10 Å². The Labute approximate surface area is 132 Å². The number of aromatic nitrogens is 2. The van der Waals surface area contributed by atoms with Crippen molar-refractivity contribution in [3.05, 3.63) is 71.4 Å². The second-order valence-corrected chi connectivity index (χ2v) is 5.64. The lowest BCUT2D eigenvalue weighted by molar-refractivity contribution is -0.138. The van der Waals surface area contributed by atoms with Gasteiger partial charge in [-0.05, 0) is 13.0 Å². The van der Waals surface area contributed by atoms with Gasteiger partial charge in [0.25, 0.3) is 0 Å². The number of aliphatic hydroxyl groups excluding tert-OH is 1. The smallest absolute Gasteiger partial charge is 0.249 e. The number of nitrogens with zero attached hydrogens (tertiary/aromatic N) is 2. The van der Waals surface area contributed by atoms with Gasteiger partial charge in [0.1, 0.15) is 5.76 Å². The van der Waals surface area contributed by atoms with E-state index < -0.39 is 11.5 Å². The van der Waals surface area contributed by atoms with Crippen LogP contribution in [0.15, 0.2) is 60.3 Å². The first-order valence-electron chi connectivity index (χ1n) is 7.25. The highest BCUT2D eigenvalue weighted by molar-refractivity contribution is 6.10. The van der Waals surface area contributed by atoms with Crippen LogP contribution in [0.5, 0.6) is 0 Å². The second-order valence-electron chi connectivity index (χ2n) is 5.64. The fourth-order valence-corrected chi connectivity index (χ4v) is 3.13. The Morgan fingerprint density at radius 1 is 1.09 bits per heavy atom. The molecule has 2 N–H and O–H groups in total. The fraction of sp³-hybridized carbons (Fsp3) is 0.111. The summed E-state index contributed by atoms with van der Waals surface area (Å²) >= 11 is 0. The predicted octanol–water partition coefficient (Wildman–Crippen LogP) is 2.60. The lowest BCUT2D eigenvalue weighted by atomic mass is 9.83. The second kappa shape index (κ2) is 4.54. The molecule has 0 aliphatic heterocycles. The van der Waals surface area contributed by atoms with Gasteiger partial charge in [0, 0.05) is 22.1 Å². The number of ketones is 1. The van der Waals surface area contributed by atoms with Crippen LogP contribution in [-0.4, -0.2) is 25.8 Å². The molecule has 1 aromatic heterocycles. The van der Waals surface area contributed by atoms with Crippen LogP contribution in [0.25, 0.3) is 16.7 Å². The molecule has 114 valence electrons. The number of hydrogen-bond donors (Lipinski definition) is 2. The number of rotatable bonds is 1. The van der Waals surface area contributed by atoms with E-state index in [1.54, 1.807) is 36.5 Å². The number of carbonyl (C=O) groups excluding carboxylic acids is 1. The molecule has 0 spiro atoms. The minimum absolute atomic E-state index is 0.105. The van der Waals surface area contributed by atoms with Gasteiger partial charge in [-0.1, -0.05) is 42.5 Å². The number of hydrogen-bond acceptors (Lipinski definition) is 4. The van der Waals surface area contributed by atoms with Crippen LogP contribution in [0.2, 0.25) is 0 Å². The van der Waals surface area contributed by atoms with Crippen molar-refractivity contribution in [2.75, 3.05) is 0 Å². The molecule has 0 radical (unpaired) electrons. The normalized spacial score (nSPS) is 20.9. The monoisotopic (exact) mass is 306 g/mol. The van der Waals surface area contributed by atoms with E-state index in [0.29, 0.717) is 16.6 Å². The van der Waals surface area contributed by atoms with E-state index in [1.807, 2.05) is 18.2 Å². The van der Waals surface area contributed by atoms with Crippen molar-refractivity contribution in [3.8, 4) is 0 Å². The molecule has 1 aliphatic carbocycles. The van der Waals surface area contributed by atoms with Crippen LogP contribution in [0.1, 0.15) is 18.1 Å². The first-order chi connectivity index (χ1) is 11.0. The summed E-state index contributed by atoms with van der Waals surface area (Å²) in [4.78, 5) is 12.8. The zero-order chi connectivity index (χ0) is 16.2. The minimum Gasteiger partial charge on any atom is -0.507 e. The summed E-state index contributed by atoms with van der Waals surface area (Å²) in [6, 6.07) is 14.1. The molecule has 0 amide bonds. The summed E-state index contributed by atoms with van der Waals surface area (Å²) in [6.45, 7) is 1.50. The number of carbonyl (C=O) groups is 1. The lowest BCUT2D eigenvalue weighted by Crippen LogP contribution is -2.47. The fourth-order valence-electron chi connectivity index (χ4n) is 3.13. The Morgan fingerprint density at radius 3 is 2.61 bits per heavy atom. The Bertz CT molecular complexity index is 987. The van der Waals surface area contributed by atoms with Gasteiger partial charge in [0.05, 0.1) is 11.7 Å². The number of fused-ring (bicyclic) bond motifs is 2. The van der Waals surface area contributed by atoms with E-state index in [0.717, 1.165) is 5.39 Å². The van der Waals surface area contributed by atoms with E-state index in [2.05, 4.69) is 5.10 Å². The van der Waals surface area contributed by atoms with Crippen molar-refractivity contribution in [2.45, 2.75) is 12.6 Å². The van der Waals surface area contributed by atoms with Crippen molar-refractivity contribution in [2.24, 2.45) is 0 Å². The summed E-state index contributed by atoms with van der Waals surface area (Å²) in [5.74, 6) is -0.686. The average Bonchev–Trinajstić information content (AvgIpc) is 3.03. The summed E-state index contributed by atoms with van der Waals surface area (Å²) in [5, 5.41) is 26.7. The van der Waals surface area contributed by atoms with Gasteiger partial charge in [-0.3, -0.25) is 4.79 Å². The number of aliphatic hydroxyl groups is 2. The Balaban J connectivity index is 2.09. The van der Waals surface area contributed by atoms with Crippen LogP contribution in [0.4, 0.5) is 0 Å². The quantitative estimate of drug-likeness (QED) is 0.724. The van der Waals surface area contributed by atoms with Gasteiger partial charge in [0.15, 0.2) is 0 Å². The summed E-state index contributed by atoms with van der Waals surface area (Å²) in [7, 11) is 0. The third kappa shape index (κ3) is 1.65. The predicted molar refractivity (Wildman–Crippen MR) is 85.7 cm³/mol. The Kier molecular flexibility index (Phi) is 2.71. The molecule has 2 aromatic carbocycles. The van der Waals surface area contributed by atoms with Crippen molar-refractivity contribution in [1.82, 2.24) is 9.78 Å². The SMILES string of the molecule is CC1=C(O)c2ccccc2[C@](O)(n2ncc3ccccc32)C1=O. The van der Waals surface area contributed by atoms with Crippen LogP contribution in [0.3, 0.4) is 0 Å². The molecule has 3 aromatic rings. The van der Waals surface area contributed by atoms with Crippen molar-refractivity contribution >= 4 is 22.4 Å². The van der Waals surface area contributed by atoms with Crippen molar-refractivity contribution in [3.63, 3.8) is 0 Å². The highest BCUT2D eigenvalue weighted by Crippen LogP contribution is 2.39. The first-order valence-corrected chi connectivity index (χ1v) is 7.25. The summed E-state index contributed by atoms with van der Waals surface area (Å²) in [6.07, 6.45) is 1.61. The van der Waals surface area contributed by atoms with E-state index in [-0.39, 0.29) is 11.3 Å². The third-order valence-corrected chi connectivity index (χ3v) is 4.35. The van der Waals surface area contributed by atoms with E-state index in [9.17, 15) is 15.0 Å². The van der Waals surface area contributed by atoms with Crippen LogP contribution in [-0.2, 0) is 10.5 Å². The molecule has 1 atom stereocenters. The summed E-state index contributed by atoms with van der Waals surface area (Å²) < 4.78 is 1.32. The van der Waals surface area contributed by atoms with Crippen molar-refractivity contribution in [1.29, 1.82) is 0 Å². The molecule has 1 aliphatic rings. The van der Waals surface area contributed by atoms with Gasteiger partial charge in [0.2, 0.25) is 11.5 Å². The van der Waals surface area contributed by atoms with Crippen LogP contribution >= 0.6 is 0 Å². The molecule has 0 bridgehead atoms. The highest BCUT2D eigenvalue weighted by Gasteiger charge is 2.48. The van der Waals surface area contributed by atoms with E-state index >= 15 is 0 Å². The maximum atomic E-state index is 12.8. The molecular weight excluding hydrogens is 292 g/mol. The molecular formula is C18H14N2O3. The lowest BCUT2D eigenvalue weighted by Gasteiger charge is -2.33. The van der Waals surface area contributed by atoms with Gasteiger partial charge < -0.3 is 10.2 Å². The van der Waals surface area contributed by atoms with Gasteiger partial charge in [-0.15, -0.1) is 0 Å². The molecule has 23 heavy (non-hydrogen) atoms. The number of benzene rings is 2. The maximum absolute atomic E-state index is 12.8. The zero-order valence-corrected chi connectivity index (χ0v) is 12.4. The van der Waals surface area contributed by atoms with E-state index in [1.165, 1.54) is 11.6 Å². The molecule has 1 heterocycles. The number of para-hydroxylation sites is 1. The van der Waals surface area contributed by atoms with Gasteiger partial charge >= 0.3 is 0 Å². The third-order valence-electron chi connectivity index (χ3n) is 4.35. The molecule has 5 heteroatoms. The number of Topliss-reactive ketones (excluding diaryl/α,β-unsaturated/α-hetero) is 1. The molecule has 0 fully saturated rings. The highest BCUT2D eigenvalue weighted by atomic mass is 16.3. The van der Waals surface area contributed by atoms with E-state index in [4.69, 9.17) is 0 Å². The topological polar surface area (TPSA) is 75.3 Å². The standard InChI is InChI=1S/C18H14N2O3/c1-11-16(21)13-7-3-4-8-14(13)18(23,17(11)22)20-15-9-5-2-6-12(15)10-19-20/h2-10,21,23H,1H3/t18-/m1/s1. The molecule has 0 saturated carbocycles. The van der Waals surface area contributed by atoms with Gasteiger partial charge in [-0.25, -0.2) is 4.68 Å².